The van der Waals surface area contributed by atoms with Crippen molar-refractivity contribution in [2.24, 2.45) is 0 Å². The average molecular weight is 292 g/mol. The summed E-state index contributed by atoms with van der Waals surface area (Å²) < 4.78 is 13.8. The third-order valence-corrected chi connectivity index (χ3v) is 3.78. The van der Waals surface area contributed by atoms with Crippen LogP contribution < -0.4 is 4.90 Å². The van der Waals surface area contributed by atoms with Gasteiger partial charge in [-0.15, -0.1) is 0 Å². The first-order valence-corrected chi connectivity index (χ1v) is 7.40. The van der Waals surface area contributed by atoms with Crippen molar-refractivity contribution in [3.8, 4) is 0 Å². The zero-order chi connectivity index (χ0) is 15.2. The van der Waals surface area contributed by atoms with Crippen LogP contribution in [0.2, 0.25) is 0 Å². The number of anilines is 1. The van der Waals surface area contributed by atoms with Gasteiger partial charge in [0.2, 0.25) is 11.8 Å². The third kappa shape index (κ3) is 4.03. The van der Waals surface area contributed by atoms with Gasteiger partial charge in [0.1, 0.15) is 12.4 Å². The topological polar surface area (TPSA) is 40.6 Å². The van der Waals surface area contributed by atoms with Crippen LogP contribution in [0.15, 0.2) is 24.3 Å². The molecule has 1 heterocycles. The van der Waals surface area contributed by atoms with Crippen molar-refractivity contribution in [2.45, 2.75) is 32.6 Å². The SMILES string of the molecule is CC(=O)N(CC(=O)N1CCCCCC1)c1ccccc1F. The number of benzene rings is 1. The molecule has 0 aromatic heterocycles. The van der Waals surface area contributed by atoms with Gasteiger partial charge in [-0.25, -0.2) is 4.39 Å². The van der Waals surface area contributed by atoms with Gasteiger partial charge in [0.15, 0.2) is 0 Å². The molecule has 2 amide bonds. The van der Waals surface area contributed by atoms with Crippen molar-refractivity contribution >= 4 is 17.5 Å². The minimum absolute atomic E-state index is 0.101. The molecular weight excluding hydrogens is 271 g/mol. The Kier molecular flexibility index (Phi) is 5.31. The van der Waals surface area contributed by atoms with Crippen LogP contribution >= 0.6 is 0 Å². The smallest absolute Gasteiger partial charge is 0.242 e. The first kappa shape index (κ1) is 15.5. The van der Waals surface area contributed by atoms with Gasteiger partial charge >= 0.3 is 0 Å². The van der Waals surface area contributed by atoms with E-state index >= 15 is 0 Å². The monoisotopic (exact) mass is 292 g/mol. The molecule has 0 N–H and O–H groups in total. The molecule has 1 aliphatic heterocycles. The lowest BCUT2D eigenvalue weighted by molar-refractivity contribution is -0.131. The number of para-hydroxylation sites is 1. The minimum atomic E-state index is -0.489. The average Bonchev–Trinajstić information content (AvgIpc) is 2.74. The van der Waals surface area contributed by atoms with E-state index in [1.165, 1.54) is 24.0 Å². The molecule has 114 valence electrons. The maximum Gasteiger partial charge on any atom is 0.242 e. The van der Waals surface area contributed by atoms with Crippen molar-refractivity contribution in [2.75, 3.05) is 24.5 Å². The number of hydrogen-bond donors (Lipinski definition) is 0. The Morgan fingerprint density at radius 1 is 1.14 bits per heavy atom. The molecule has 0 aliphatic carbocycles. The van der Waals surface area contributed by atoms with E-state index in [1.54, 1.807) is 17.0 Å². The van der Waals surface area contributed by atoms with Crippen LogP contribution in [0.4, 0.5) is 10.1 Å². The molecule has 0 saturated carbocycles. The van der Waals surface area contributed by atoms with Gasteiger partial charge in [0, 0.05) is 20.0 Å². The van der Waals surface area contributed by atoms with E-state index in [0.717, 1.165) is 38.8 Å². The molecule has 2 rings (SSSR count). The molecule has 0 bridgehead atoms. The van der Waals surface area contributed by atoms with E-state index < -0.39 is 5.82 Å². The highest BCUT2D eigenvalue weighted by molar-refractivity contribution is 5.97. The number of hydrogen-bond acceptors (Lipinski definition) is 2. The largest absolute Gasteiger partial charge is 0.341 e. The van der Waals surface area contributed by atoms with Crippen LogP contribution in [0, 0.1) is 5.82 Å². The molecule has 4 nitrogen and oxygen atoms in total. The molecule has 0 radical (unpaired) electrons. The molecule has 1 saturated heterocycles. The summed E-state index contributed by atoms with van der Waals surface area (Å²) in [6.07, 6.45) is 4.25. The standard InChI is InChI=1S/C16H21FN2O2/c1-13(20)19(15-9-5-4-8-14(15)17)12-16(21)18-10-6-2-3-7-11-18/h4-5,8-9H,2-3,6-7,10-12H2,1H3. The fourth-order valence-electron chi connectivity index (χ4n) is 2.59. The highest BCUT2D eigenvalue weighted by Gasteiger charge is 2.22. The van der Waals surface area contributed by atoms with Gasteiger partial charge in [-0.1, -0.05) is 25.0 Å². The molecular formula is C16H21FN2O2. The molecule has 0 spiro atoms. The summed E-state index contributed by atoms with van der Waals surface area (Å²) in [6, 6.07) is 6.03. The van der Waals surface area contributed by atoms with Crippen molar-refractivity contribution in [3.63, 3.8) is 0 Å². The summed E-state index contributed by atoms with van der Waals surface area (Å²) in [7, 11) is 0. The van der Waals surface area contributed by atoms with E-state index in [0.29, 0.717) is 0 Å². The lowest BCUT2D eigenvalue weighted by Crippen LogP contribution is -2.43. The fraction of sp³-hybridized carbons (Fsp3) is 0.500. The van der Waals surface area contributed by atoms with E-state index in [-0.39, 0.29) is 24.0 Å². The van der Waals surface area contributed by atoms with Crippen molar-refractivity contribution in [3.05, 3.63) is 30.1 Å². The first-order chi connectivity index (χ1) is 10.1. The molecule has 21 heavy (non-hydrogen) atoms. The van der Waals surface area contributed by atoms with Gasteiger partial charge in [0.05, 0.1) is 5.69 Å². The normalized spacial score (nSPS) is 15.4. The highest BCUT2D eigenvalue weighted by atomic mass is 19.1. The number of rotatable bonds is 3. The Morgan fingerprint density at radius 2 is 1.76 bits per heavy atom. The van der Waals surface area contributed by atoms with Crippen LogP contribution in [-0.2, 0) is 9.59 Å². The lowest BCUT2D eigenvalue weighted by atomic mass is 10.2. The van der Waals surface area contributed by atoms with Crippen molar-refractivity contribution in [1.29, 1.82) is 0 Å². The van der Waals surface area contributed by atoms with Gasteiger partial charge in [-0.05, 0) is 25.0 Å². The predicted octanol–water partition coefficient (Wildman–Crippen LogP) is 2.58. The predicted molar refractivity (Wildman–Crippen MR) is 79.5 cm³/mol. The van der Waals surface area contributed by atoms with E-state index in [1.807, 2.05) is 0 Å². The van der Waals surface area contributed by atoms with Crippen LogP contribution in [0.25, 0.3) is 0 Å². The van der Waals surface area contributed by atoms with Gasteiger partial charge in [-0.2, -0.15) is 0 Å². The maximum absolute atomic E-state index is 13.8. The summed E-state index contributed by atoms with van der Waals surface area (Å²) >= 11 is 0. The lowest BCUT2D eigenvalue weighted by Gasteiger charge is -2.26. The van der Waals surface area contributed by atoms with Crippen LogP contribution in [0.3, 0.4) is 0 Å². The summed E-state index contributed by atoms with van der Waals surface area (Å²) in [5.41, 5.74) is 0.160. The second-order valence-corrected chi connectivity index (χ2v) is 5.35. The number of halogens is 1. The van der Waals surface area contributed by atoms with E-state index in [9.17, 15) is 14.0 Å². The zero-order valence-electron chi connectivity index (χ0n) is 12.3. The number of carbonyl (C=O) groups excluding carboxylic acids is 2. The van der Waals surface area contributed by atoms with Crippen LogP contribution in [0.1, 0.15) is 32.6 Å². The zero-order valence-corrected chi connectivity index (χ0v) is 12.3. The second kappa shape index (κ2) is 7.20. The Labute approximate surface area is 124 Å². The quantitative estimate of drug-likeness (QED) is 0.859. The summed E-state index contributed by atoms with van der Waals surface area (Å²) in [5.74, 6) is -0.935. The maximum atomic E-state index is 13.8. The number of likely N-dealkylation sites (tertiary alicyclic amines) is 1. The molecule has 5 heteroatoms. The minimum Gasteiger partial charge on any atom is -0.341 e. The Bertz CT molecular complexity index is 511. The Morgan fingerprint density at radius 3 is 2.33 bits per heavy atom. The van der Waals surface area contributed by atoms with E-state index in [4.69, 9.17) is 0 Å². The third-order valence-electron chi connectivity index (χ3n) is 3.78. The fourth-order valence-corrected chi connectivity index (χ4v) is 2.59. The summed E-state index contributed by atoms with van der Waals surface area (Å²) in [6.45, 7) is 2.70. The number of amides is 2. The van der Waals surface area contributed by atoms with Gasteiger partial charge in [0.25, 0.3) is 0 Å². The number of nitrogens with zero attached hydrogens (tertiary/aromatic N) is 2. The molecule has 1 aromatic carbocycles. The molecule has 0 unspecified atom stereocenters. The molecule has 1 aliphatic rings. The first-order valence-electron chi connectivity index (χ1n) is 7.40. The number of carbonyl (C=O) groups is 2. The summed E-state index contributed by atoms with van der Waals surface area (Å²) in [5, 5.41) is 0. The molecule has 1 aromatic rings. The van der Waals surface area contributed by atoms with Crippen molar-refractivity contribution < 1.29 is 14.0 Å². The van der Waals surface area contributed by atoms with Crippen LogP contribution in [0.5, 0.6) is 0 Å². The molecule has 0 atom stereocenters. The van der Waals surface area contributed by atoms with Crippen LogP contribution in [-0.4, -0.2) is 36.3 Å². The van der Waals surface area contributed by atoms with E-state index in [2.05, 4.69) is 0 Å². The second-order valence-electron chi connectivity index (χ2n) is 5.35. The molecule has 1 fully saturated rings. The summed E-state index contributed by atoms with van der Waals surface area (Å²) in [4.78, 5) is 27.1. The van der Waals surface area contributed by atoms with Gasteiger partial charge < -0.3 is 9.80 Å². The Balaban J connectivity index is 2.11. The van der Waals surface area contributed by atoms with Gasteiger partial charge in [-0.3, -0.25) is 9.59 Å². The Hall–Kier alpha value is -1.91. The highest BCUT2D eigenvalue weighted by Crippen LogP contribution is 2.19. The van der Waals surface area contributed by atoms with Crippen molar-refractivity contribution in [1.82, 2.24) is 4.90 Å².